The molecule has 2 nitrogen and oxygen atoms in total. The fourth-order valence-electron chi connectivity index (χ4n) is 1.22. The van der Waals surface area contributed by atoms with Crippen LogP contribution >= 0.6 is 0 Å². The Morgan fingerprint density at radius 1 is 1.58 bits per heavy atom. The van der Waals surface area contributed by atoms with Crippen LogP contribution in [0.25, 0.3) is 0 Å². The highest BCUT2D eigenvalue weighted by Crippen LogP contribution is 2.30. The Morgan fingerprint density at radius 2 is 2.25 bits per heavy atom. The Bertz CT molecular complexity index is 228. The molecule has 68 valence electrons. The number of rotatable bonds is 3. The number of furan rings is 1. The first-order valence-electron chi connectivity index (χ1n) is 4.35. The number of hydrogen-bond donors (Lipinski definition) is 1. The molecule has 0 fully saturated rings. The van der Waals surface area contributed by atoms with E-state index in [1.807, 2.05) is 12.1 Å². The van der Waals surface area contributed by atoms with E-state index in [1.165, 1.54) is 0 Å². The summed E-state index contributed by atoms with van der Waals surface area (Å²) in [5.41, 5.74) is 5.71. The monoisotopic (exact) mass is 167 g/mol. The lowest BCUT2D eigenvalue weighted by Crippen LogP contribution is -2.36. The van der Waals surface area contributed by atoms with E-state index in [1.54, 1.807) is 6.26 Å². The summed E-state index contributed by atoms with van der Waals surface area (Å²) in [6, 6.07) is 3.90. The van der Waals surface area contributed by atoms with Crippen LogP contribution in [-0.4, -0.2) is 6.54 Å². The van der Waals surface area contributed by atoms with Crippen LogP contribution in [0.5, 0.6) is 0 Å². The van der Waals surface area contributed by atoms with Crippen molar-refractivity contribution in [3.8, 4) is 0 Å². The molecule has 1 heterocycles. The topological polar surface area (TPSA) is 39.2 Å². The predicted molar refractivity (Wildman–Crippen MR) is 50.0 cm³/mol. The van der Waals surface area contributed by atoms with Crippen molar-refractivity contribution in [2.45, 2.75) is 26.2 Å². The maximum absolute atomic E-state index is 5.74. The van der Waals surface area contributed by atoms with E-state index in [-0.39, 0.29) is 5.41 Å². The lowest BCUT2D eigenvalue weighted by molar-refractivity contribution is 0.282. The highest BCUT2D eigenvalue weighted by Gasteiger charge is 2.31. The standard InChI is InChI=1S/C10H17NO/c1-8(2)10(3,7-11)9-5-4-6-12-9/h4-6,8H,7,11H2,1-3H3. The van der Waals surface area contributed by atoms with Crippen LogP contribution < -0.4 is 5.73 Å². The molecule has 0 bridgehead atoms. The molecule has 0 spiro atoms. The minimum atomic E-state index is -0.0243. The van der Waals surface area contributed by atoms with E-state index in [9.17, 15) is 0 Å². The van der Waals surface area contributed by atoms with Gasteiger partial charge in [-0.2, -0.15) is 0 Å². The Labute approximate surface area is 73.8 Å². The van der Waals surface area contributed by atoms with E-state index in [0.717, 1.165) is 5.76 Å². The van der Waals surface area contributed by atoms with Gasteiger partial charge in [-0.3, -0.25) is 0 Å². The van der Waals surface area contributed by atoms with Gasteiger partial charge < -0.3 is 10.2 Å². The smallest absolute Gasteiger partial charge is 0.111 e. The minimum Gasteiger partial charge on any atom is -0.469 e. The van der Waals surface area contributed by atoms with Crippen molar-refractivity contribution in [1.29, 1.82) is 0 Å². The van der Waals surface area contributed by atoms with Crippen molar-refractivity contribution in [2.75, 3.05) is 6.54 Å². The second-order valence-electron chi connectivity index (χ2n) is 3.75. The largest absolute Gasteiger partial charge is 0.469 e. The molecule has 0 saturated heterocycles. The van der Waals surface area contributed by atoms with Crippen molar-refractivity contribution in [3.05, 3.63) is 24.2 Å². The van der Waals surface area contributed by atoms with Crippen molar-refractivity contribution in [2.24, 2.45) is 11.7 Å². The first-order valence-corrected chi connectivity index (χ1v) is 4.35. The van der Waals surface area contributed by atoms with Crippen molar-refractivity contribution < 1.29 is 4.42 Å². The van der Waals surface area contributed by atoms with E-state index >= 15 is 0 Å². The molecule has 0 aliphatic carbocycles. The van der Waals surface area contributed by atoms with Gasteiger partial charge in [-0.1, -0.05) is 20.8 Å². The maximum Gasteiger partial charge on any atom is 0.111 e. The first kappa shape index (κ1) is 9.33. The second-order valence-corrected chi connectivity index (χ2v) is 3.75. The molecule has 1 aromatic rings. The molecule has 1 atom stereocenters. The third kappa shape index (κ3) is 1.39. The summed E-state index contributed by atoms with van der Waals surface area (Å²) >= 11 is 0. The van der Waals surface area contributed by atoms with Crippen molar-refractivity contribution in [3.63, 3.8) is 0 Å². The fourth-order valence-corrected chi connectivity index (χ4v) is 1.22. The Morgan fingerprint density at radius 3 is 2.58 bits per heavy atom. The number of nitrogens with two attached hydrogens (primary N) is 1. The Hall–Kier alpha value is -0.760. The summed E-state index contributed by atoms with van der Waals surface area (Å²) < 4.78 is 5.37. The molecular weight excluding hydrogens is 150 g/mol. The van der Waals surface area contributed by atoms with E-state index in [4.69, 9.17) is 10.2 Å². The number of hydrogen-bond acceptors (Lipinski definition) is 2. The molecule has 2 N–H and O–H groups in total. The molecule has 1 rings (SSSR count). The SMILES string of the molecule is CC(C)C(C)(CN)c1ccco1. The zero-order valence-electron chi connectivity index (χ0n) is 8.00. The summed E-state index contributed by atoms with van der Waals surface area (Å²) in [5.74, 6) is 1.48. The van der Waals surface area contributed by atoms with Crippen molar-refractivity contribution in [1.82, 2.24) is 0 Å². The lowest BCUT2D eigenvalue weighted by Gasteiger charge is -2.29. The van der Waals surface area contributed by atoms with Gasteiger partial charge in [-0.05, 0) is 18.1 Å². The predicted octanol–water partition coefficient (Wildman–Crippen LogP) is 2.15. The molecule has 2 heteroatoms. The van der Waals surface area contributed by atoms with Gasteiger partial charge in [0.25, 0.3) is 0 Å². The van der Waals surface area contributed by atoms with E-state index in [2.05, 4.69) is 20.8 Å². The van der Waals surface area contributed by atoms with Crippen LogP contribution in [0.1, 0.15) is 26.5 Å². The highest BCUT2D eigenvalue weighted by molar-refractivity contribution is 5.14. The third-order valence-electron chi connectivity index (χ3n) is 2.78. The molecule has 0 amide bonds. The molecular formula is C10H17NO. The average molecular weight is 167 g/mol. The van der Waals surface area contributed by atoms with Gasteiger partial charge in [-0.25, -0.2) is 0 Å². The second kappa shape index (κ2) is 3.31. The Kier molecular flexibility index (Phi) is 2.58. The molecule has 0 radical (unpaired) electrons. The van der Waals surface area contributed by atoms with Gasteiger partial charge in [-0.15, -0.1) is 0 Å². The summed E-state index contributed by atoms with van der Waals surface area (Å²) in [6.07, 6.45) is 1.70. The third-order valence-corrected chi connectivity index (χ3v) is 2.78. The first-order chi connectivity index (χ1) is 5.61. The zero-order chi connectivity index (χ0) is 9.19. The van der Waals surface area contributed by atoms with Gasteiger partial charge >= 0.3 is 0 Å². The minimum absolute atomic E-state index is 0.0243. The molecule has 0 aliphatic heterocycles. The van der Waals surface area contributed by atoms with Crippen LogP contribution in [0.4, 0.5) is 0 Å². The van der Waals surface area contributed by atoms with Gasteiger partial charge in [0.05, 0.1) is 6.26 Å². The van der Waals surface area contributed by atoms with Crippen LogP contribution in [-0.2, 0) is 5.41 Å². The summed E-state index contributed by atoms with van der Waals surface area (Å²) in [4.78, 5) is 0. The lowest BCUT2D eigenvalue weighted by atomic mass is 9.77. The van der Waals surface area contributed by atoms with Gasteiger partial charge in [0.1, 0.15) is 5.76 Å². The van der Waals surface area contributed by atoms with Crippen LogP contribution in [0.2, 0.25) is 0 Å². The van der Waals surface area contributed by atoms with E-state index < -0.39 is 0 Å². The zero-order valence-corrected chi connectivity index (χ0v) is 8.00. The van der Waals surface area contributed by atoms with Gasteiger partial charge in [0, 0.05) is 12.0 Å². The molecule has 0 saturated carbocycles. The summed E-state index contributed by atoms with van der Waals surface area (Å²) in [7, 11) is 0. The fraction of sp³-hybridized carbons (Fsp3) is 0.600. The van der Waals surface area contributed by atoms with Gasteiger partial charge in [0.2, 0.25) is 0 Å². The molecule has 1 aromatic heterocycles. The molecule has 1 unspecified atom stereocenters. The average Bonchev–Trinajstić information content (AvgIpc) is 2.54. The molecule has 12 heavy (non-hydrogen) atoms. The maximum atomic E-state index is 5.74. The summed E-state index contributed by atoms with van der Waals surface area (Å²) in [5, 5.41) is 0. The highest BCUT2D eigenvalue weighted by atomic mass is 16.3. The van der Waals surface area contributed by atoms with Crippen LogP contribution in [0.3, 0.4) is 0 Å². The van der Waals surface area contributed by atoms with Crippen LogP contribution in [0.15, 0.2) is 22.8 Å². The van der Waals surface area contributed by atoms with E-state index in [0.29, 0.717) is 12.5 Å². The summed E-state index contributed by atoms with van der Waals surface area (Å²) in [6.45, 7) is 7.08. The molecule has 0 aromatic carbocycles. The van der Waals surface area contributed by atoms with Crippen molar-refractivity contribution >= 4 is 0 Å². The Balaban J connectivity index is 2.96. The molecule has 0 aliphatic rings. The normalized spacial score (nSPS) is 16.4. The van der Waals surface area contributed by atoms with Crippen LogP contribution in [0, 0.1) is 5.92 Å². The quantitative estimate of drug-likeness (QED) is 0.749. The van der Waals surface area contributed by atoms with Gasteiger partial charge in [0.15, 0.2) is 0 Å².